The van der Waals surface area contributed by atoms with Crippen LogP contribution in [0.3, 0.4) is 0 Å². The number of carboxylic acids is 1. The van der Waals surface area contributed by atoms with Crippen molar-refractivity contribution in [2.24, 2.45) is 0 Å². The van der Waals surface area contributed by atoms with Crippen molar-refractivity contribution >= 4 is 23.3 Å². The van der Waals surface area contributed by atoms with Crippen LogP contribution in [0.5, 0.6) is 0 Å². The number of aromatic nitrogens is 1. The molecule has 1 heterocycles. The topological polar surface area (TPSA) is 114 Å². The number of halogens is 1. The molecule has 4 rings (SSSR count). The maximum absolute atomic E-state index is 13.2. The fourth-order valence-corrected chi connectivity index (χ4v) is 3.74. The lowest BCUT2D eigenvalue weighted by Gasteiger charge is -2.14. The third-order valence-electron chi connectivity index (χ3n) is 5.52. The van der Waals surface area contributed by atoms with Crippen molar-refractivity contribution in [2.75, 3.05) is 11.1 Å². The number of ketones is 1. The lowest BCUT2D eigenvalue weighted by Crippen LogP contribution is -2.23. The first-order valence-electron chi connectivity index (χ1n) is 10.8. The molecule has 0 radical (unpaired) electrons. The van der Waals surface area contributed by atoms with Crippen LogP contribution < -0.4 is 16.6 Å². The molecule has 0 aliphatic heterocycles. The molecular formula is C27H22FN3O4. The van der Waals surface area contributed by atoms with Gasteiger partial charge in [-0.25, -0.2) is 4.39 Å². The normalized spacial score (nSPS) is 10.7. The molecular weight excluding hydrogens is 449 g/mol. The van der Waals surface area contributed by atoms with Gasteiger partial charge in [0.2, 0.25) is 0 Å². The molecule has 0 fully saturated rings. The van der Waals surface area contributed by atoms with E-state index in [1.807, 2.05) is 24.3 Å². The second kappa shape index (κ2) is 10.0. The average Bonchev–Trinajstić information content (AvgIpc) is 2.84. The molecule has 0 saturated heterocycles. The second-order valence-electron chi connectivity index (χ2n) is 7.89. The molecule has 0 spiro atoms. The second-order valence-corrected chi connectivity index (χ2v) is 7.89. The molecule has 0 aliphatic carbocycles. The van der Waals surface area contributed by atoms with Crippen LogP contribution in [0.15, 0.2) is 89.7 Å². The average molecular weight is 471 g/mol. The van der Waals surface area contributed by atoms with Crippen LogP contribution in [0.25, 0.3) is 5.69 Å². The van der Waals surface area contributed by atoms with E-state index in [9.17, 15) is 18.8 Å². The van der Waals surface area contributed by atoms with Gasteiger partial charge in [-0.05, 0) is 59.7 Å². The van der Waals surface area contributed by atoms with Gasteiger partial charge >= 0.3 is 5.97 Å². The van der Waals surface area contributed by atoms with E-state index in [0.717, 1.165) is 11.3 Å². The van der Waals surface area contributed by atoms with Crippen LogP contribution in [-0.4, -0.2) is 21.4 Å². The molecule has 0 bridgehead atoms. The number of aliphatic carboxylic acids is 1. The van der Waals surface area contributed by atoms with E-state index < -0.39 is 23.1 Å². The number of nitrogens with one attached hydrogen (secondary N) is 1. The maximum Gasteiger partial charge on any atom is 0.307 e. The highest BCUT2D eigenvalue weighted by Crippen LogP contribution is 2.21. The Balaban J connectivity index is 1.56. The number of nitrogens with zero attached hydrogens (tertiary/aromatic N) is 1. The summed E-state index contributed by atoms with van der Waals surface area (Å²) >= 11 is 0. The summed E-state index contributed by atoms with van der Waals surface area (Å²) in [6, 6.07) is 22.0. The Morgan fingerprint density at radius 3 is 2.29 bits per heavy atom. The van der Waals surface area contributed by atoms with Gasteiger partial charge in [0.1, 0.15) is 11.6 Å². The third kappa shape index (κ3) is 5.27. The van der Waals surface area contributed by atoms with Crippen molar-refractivity contribution in [1.29, 1.82) is 0 Å². The van der Waals surface area contributed by atoms with Gasteiger partial charge in [-0.1, -0.05) is 30.3 Å². The lowest BCUT2D eigenvalue weighted by atomic mass is 10.0. The molecule has 0 atom stereocenters. The zero-order chi connectivity index (χ0) is 24.9. The molecule has 0 amide bonds. The van der Waals surface area contributed by atoms with Crippen LogP contribution in [-0.2, 0) is 17.8 Å². The quantitative estimate of drug-likeness (QED) is 0.334. The monoisotopic (exact) mass is 471 g/mol. The minimum atomic E-state index is -0.910. The van der Waals surface area contributed by atoms with E-state index in [0.29, 0.717) is 17.8 Å². The zero-order valence-corrected chi connectivity index (χ0v) is 18.6. The zero-order valence-electron chi connectivity index (χ0n) is 18.6. The highest BCUT2D eigenvalue weighted by atomic mass is 19.1. The number of hydrogen-bond donors (Lipinski definition) is 3. The van der Waals surface area contributed by atoms with Gasteiger partial charge < -0.3 is 16.2 Å². The maximum atomic E-state index is 13.2. The minimum absolute atomic E-state index is 0.0136. The smallest absolute Gasteiger partial charge is 0.307 e. The van der Waals surface area contributed by atoms with Crippen LogP contribution in [0.1, 0.15) is 27.0 Å². The molecule has 4 N–H and O–H groups in total. The van der Waals surface area contributed by atoms with Crippen molar-refractivity contribution in [3.63, 3.8) is 0 Å². The number of nitrogen functional groups attached to an aromatic ring is 1. The first-order chi connectivity index (χ1) is 16.8. The summed E-state index contributed by atoms with van der Waals surface area (Å²) in [6.07, 6.45) is -0.0860. The summed E-state index contributed by atoms with van der Waals surface area (Å²) in [5.74, 6) is -1.80. The number of benzene rings is 3. The summed E-state index contributed by atoms with van der Waals surface area (Å²) in [7, 11) is 0. The lowest BCUT2D eigenvalue weighted by molar-refractivity contribution is -0.136. The number of hydrogen-bond acceptors (Lipinski definition) is 5. The van der Waals surface area contributed by atoms with Crippen molar-refractivity contribution < 1.29 is 19.1 Å². The fraction of sp³-hybridized carbons (Fsp3) is 0.0741. The molecule has 3 aromatic carbocycles. The van der Waals surface area contributed by atoms with Crippen molar-refractivity contribution in [3.8, 4) is 5.69 Å². The number of anilines is 2. The van der Waals surface area contributed by atoms with Crippen LogP contribution >= 0.6 is 0 Å². The Kier molecular flexibility index (Phi) is 6.73. The van der Waals surface area contributed by atoms with E-state index in [1.54, 1.807) is 24.3 Å². The minimum Gasteiger partial charge on any atom is -0.481 e. The van der Waals surface area contributed by atoms with Gasteiger partial charge in [0, 0.05) is 23.9 Å². The van der Waals surface area contributed by atoms with Gasteiger partial charge in [0.15, 0.2) is 5.78 Å². The molecule has 4 aromatic rings. The molecule has 0 aliphatic rings. The number of carboxylic acid groups (broad SMARTS) is 1. The molecule has 35 heavy (non-hydrogen) atoms. The van der Waals surface area contributed by atoms with Gasteiger partial charge in [-0.2, -0.15) is 0 Å². The molecule has 0 saturated carbocycles. The number of nitrogens with two attached hydrogens (primary N) is 1. The van der Waals surface area contributed by atoms with Crippen LogP contribution in [0.2, 0.25) is 0 Å². The summed E-state index contributed by atoms with van der Waals surface area (Å²) in [4.78, 5) is 36.5. The highest BCUT2D eigenvalue weighted by Gasteiger charge is 2.17. The highest BCUT2D eigenvalue weighted by molar-refractivity contribution is 6.11. The Labute approximate surface area is 200 Å². The molecule has 1 aromatic heterocycles. The van der Waals surface area contributed by atoms with Gasteiger partial charge in [0.25, 0.3) is 5.56 Å². The Morgan fingerprint density at radius 1 is 0.914 bits per heavy atom. The number of pyridine rings is 1. The van der Waals surface area contributed by atoms with Crippen molar-refractivity contribution in [2.45, 2.75) is 13.0 Å². The van der Waals surface area contributed by atoms with E-state index in [4.69, 9.17) is 10.8 Å². The predicted octanol–water partition coefficient (Wildman–Crippen LogP) is 4.03. The molecule has 176 valence electrons. The number of carbonyl (C=O) groups is 2. The third-order valence-corrected chi connectivity index (χ3v) is 5.52. The van der Waals surface area contributed by atoms with Crippen LogP contribution in [0, 0.1) is 5.82 Å². The summed E-state index contributed by atoms with van der Waals surface area (Å²) in [5, 5.41) is 12.3. The Morgan fingerprint density at radius 2 is 1.60 bits per heavy atom. The predicted molar refractivity (Wildman–Crippen MR) is 131 cm³/mol. The Hall–Kier alpha value is -4.72. The van der Waals surface area contributed by atoms with E-state index in [1.165, 1.54) is 41.0 Å². The van der Waals surface area contributed by atoms with E-state index in [2.05, 4.69) is 5.32 Å². The molecule has 0 unspecified atom stereocenters. The van der Waals surface area contributed by atoms with Crippen LogP contribution in [0.4, 0.5) is 15.9 Å². The van der Waals surface area contributed by atoms with Gasteiger partial charge in [-0.3, -0.25) is 19.0 Å². The SMILES string of the molecule is Nc1c(C(=O)c2ccc(F)cc2)ccc(=O)n1-c1ccc(CNc2ccccc2CC(=O)O)cc1. The number of carbonyl (C=O) groups excluding carboxylic acids is 1. The Bertz CT molecular complexity index is 1440. The first-order valence-corrected chi connectivity index (χ1v) is 10.8. The molecule has 8 heteroatoms. The molecule has 7 nitrogen and oxygen atoms in total. The number of rotatable bonds is 8. The standard InChI is InChI=1S/C27H22FN3O4/c28-20-9-7-18(8-10-20)26(35)22-13-14-24(32)31(27(22)29)21-11-5-17(6-12-21)16-30-23-4-2-1-3-19(23)15-25(33)34/h1-14,30H,15-16,29H2,(H,33,34). The van der Waals surface area contributed by atoms with Crippen molar-refractivity contribution in [1.82, 2.24) is 4.57 Å². The summed E-state index contributed by atoms with van der Waals surface area (Å²) < 4.78 is 14.5. The van der Waals surface area contributed by atoms with Gasteiger partial charge in [-0.15, -0.1) is 0 Å². The summed E-state index contributed by atoms with van der Waals surface area (Å²) in [5.41, 5.74) is 9.00. The largest absolute Gasteiger partial charge is 0.481 e. The van der Waals surface area contributed by atoms with E-state index in [-0.39, 0.29) is 23.4 Å². The first kappa shape index (κ1) is 23.4. The fourth-order valence-electron chi connectivity index (χ4n) is 3.74. The van der Waals surface area contributed by atoms with Crippen molar-refractivity contribution in [3.05, 3.63) is 123 Å². The van der Waals surface area contributed by atoms with Gasteiger partial charge in [0.05, 0.1) is 17.7 Å². The van der Waals surface area contributed by atoms with E-state index >= 15 is 0 Å². The number of para-hydroxylation sites is 1. The summed E-state index contributed by atoms with van der Waals surface area (Å²) in [6.45, 7) is 0.435.